The minimum absolute atomic E-state index is 0.131. The maximum Gasteiger partial charge on any atom is 0.257 e. The molecule has 1 atom stereocenters. The van der Waals surface area contributed by atoms with Crippen molar-refractivity contribution in [2.45, 2.75) is 25.4 Å². The Morgan fingerprint density at radius 3 is 2.71 bits per heavy atom. The van der Waals surface area contributed by atoms with Crippen molar-refractivity contribution in [3.63, 3.8) is 0 Å². The second-order valence-corrected chi connectivity index (χ2v) is 5.97. The van der Waals surface area contributed by atoms with Gasteiger partial charge in [-0.2, -0.15) is 0 Å². The summed E-state index contributed by atoms with van der Waals surface area (Å²) in [5, 5.41) is 2.75. The number of nitrogens with one attached hydrogen (secondary N) is 1. The van der Waals surface area contributed by atoms with Crippen molar-refractivity contribution in [2.24, 2.45) is 0 Å². The van der Waals surface area contributed by atoms with E-state index >= 15 is 0 Å². The van der Waals surface area contributed by atoms with Crippen molar-refractivity contribution >= 4 is 5.91 Å². The van der Waals surface area contributed by atoms with E-state index in [2.05, 4.69) is 15.2 Å². The lowest BCUT2D eigenvalue weighted by atomic mass is 10.0. The number of carbonyl (C=O) groups is 1. The Morgan fingerprint density at radius 2 is 2.00 bits per heavy atom. The monoisotopic (exact) mass is 331 g/mol. The van der Waals surface area contributed by atoms with Crippen LogP contribution in [0.2, 0.25) is 0 Å². The van der Waals surface area contributed by atoms with E-state index in [0.29, 0.717) is 13.1 Å². The van der Waals surface area contributed by atoms with Crippen LogP contribution in [0.3, 0.4) is 0 Å². The minimum Gasteiger partial charge on any atom is -0.348 e. The van der Waals surface area contributed by atoms with Crippen molar-refractivity contribution in [1.29, 1.82) is 0 Å². The van der Waals surface area contributed by atoms with Gasteiger partial charge in [-0.05, 0) is 43.7 Å². The van der Waals surface area contributed by atoms with Crippen LogP contribution in [0.15, 0.2) is 42.6 Å². The van der Waals surface area contributed by atoms with Crippen LogP contribution in [-0.2, 0) is 6.54 Å². The molecule has 1 aliphatic rings. The second kappa shape index (κ2) is 7.49. The highest BCUT2D eigenvalue weighted by Gasteiger charge is 2.24. The molecule has 1 aromatic heterocycles. The number of nitrogens with zero attached hydrogens (tertiary/aromatic N) is 2. The summed E-state index contributed by atoms with van der Waals surface area (Å²) in [6.45, 7) is 2.25. The Balaban J connectivity index is 1.62. The largest absolute Gasteiger partial charge is 0.348 e. The first kappa shape index (κ1) is 16.5. The summed E-state index contributed by atoms with van der Waals surface area (Å²) in [5.41, 5.74) is 0.448. The van der Waals surface area contributed by atoms with Gasteiger partial charge in [0.1, 0.15) is 17.2 Å². The molecule has 1 amide bonds. The van der Waals surface area contributed by atoms with Gasteiger partial charge in [0.05, 0.1) is 5.69 Å². The molecule has 24 heavy (non-hydrogen) atoms. The Morgan fingerprint density at radius 1 is 1.21 bits per heavy atom. The Labute approximate surface area is 139 Å². The van der Waals surface area contributed by atoms with Crippen molar-refractivity contribution in [2.75, 3.05) is 13.1 Å². The van der Waals surface area contributed by atoms with Crippen molar-refractivity contribution < 1.29 is 13.6 Å². The number of amides is 1. The number of rotatable bonds is 4. The predicted molar refractivity (Wildman–Crippen MR) is 86.4 cm³/mol. The number of likely N-dealkylation sites (tertiary alicyclic amines) is 1. The molecule has 6 heteroatoms. The van der Waals surface area contributed by atoms with Crippen LogP contribution in [0, 0.1) is 11.6 Å². The predicted octanol–water partition coefficient (Wildman–Crippen LogP) is 2.75. The van der Waals surface area contributed by atoms with E-state index in [0.717, 1.165) is 37.2 Å². The van der Waals surface area contributed by atoms with Crippen molar-refractivity contribution in [3.8, 4) is 0 Å². The Kier molecular flexibility index (Phi) is 5.15. The summed E-state index contributed by atoms with van der Waals surface area (Å²) in [4.78, 5) is 18.7. The lowest BCUT2D eigenvalue weighted by Gasteiger charge is -2.32. The van der Waals surface area contributed by atoms with Crippen molar-refractivity contribution in [1.82, 2.24) is 15.2 Å². The van der Waals surface area contributed by atoms with E-state index in [1.165, 1.54) is 6.07 Å². The van der Waals surface area contributed by atoms with E-state index in [4.69, 9.17) is 0 Å². The van der Waals surface area contributed by atoms with Crippen LogP contribution in [0.25, 0.3) is 0 Å². The maximum atomic E-state index is 13.7. The zero-order chi connectivity index (χ0) is 16.9. The van der Waals surface area contributed by atoms with Crippen LogP contribution in [-0.4, -0.2) is 34.9 Å². The third-order valence-corrected chi connectivity index (χ3v) is 4.14. The maximum absolute atomic E-state index is 13.7. The van der Waals surface area contributed by atoms with Crippen LogP contribution < -0.4 is 5.32 Å². The van der Waals surface area contributed by atoms with E-state index in [9.17, 15) is 13.6 Å². The van der Waals surface area contributed by atoms with Crippen LogP contribution in [0.4, 0.5) is 8.78 Å². The van der Waals surface area contributed by atoms with Crippen LogP contribution >= 0.6 is 0 Å². The Bertz CT molecular complexity index is 688. The first-order valence-electron chi connectivity index (χ1n) is 8.00. The zero-order valence-electron chi connectivity index (χ0n) is 13.2. The summed E-state index contributed by atoms with van der Waals surface area (Å²) in [7, 11) is 0. The molecule has 0 aliphatic carbocycles. The van der Waals surface area contributed by atoms with Crippen LogP contribution in [0.5, 0.6) is 0 Å². The first-order chi connectivity index (χ1) is 11.6. The third-order valence-electron chi connectivity index (χ3n) is 4.14. The van der Waals surface area contributed by atoms with E-state index in [1.54, 1.807) is 6.20 Å². The molecule has 0 saturated carbocycles. The zero-order valence-corrected chi connectivity index (χ0v) is 13.2. The minimum atomic E-state index is -0.839. The van der Waals surface area contributed by atoms with Gasteiger partial charge in [-0.25, -0.2) is 8.78 Å². The topological polar surface area (TPSA) is 45.2 Å². The molecule has 1 saturated heterocycles. The third kappa shape index (κ3) is 3.94. The number of hydrogen-bond donors (Lipinski definition) is 1. The fourth-order valence-electron chi connectivity index (χ4n) is 3.01. The molecule has 0 radical (unpaired) electrons. The van der Waals surface area contributed by atoms with E-state index in [-0.39, 0.29) is 6.04 Å². The first-order valence-corrected chi connectivity index (χ1v) is 8.00. The highest BCUT2D eigenvalue weighted by molar-refractivity contribution is 5.94. The van der Waals surface area contributed by atoms with Gasteiger partial charge in [0.2, 0.25) is 0 Å². The highest BCUT2D eigenvalue weighted by Crippen LogP contribution is 2.16. The number of carbonyl (C=O) groups excluding carboxylic acids is 1. The molecular weight excluding hydrogens is 312 g/mol. The standard InChI is InChI=1S/C18H19F2N3O/c19-15-7-3-8-16(20)17(15)18(24)22-14-6-4-10-23(12-14)11-13-5-1-2-9-21-13/h1-3,5,7-9,14H,4,6,10-12H2,(H,22,24)/t14-/m1/s1. The molecule has 1 aliphatic heterocycles. The summed E-state index contributed by atoms with van der Waals surface area (Å²) in [6.07, 6.45) is 3.46. The van der Waals surface area contributed by atoms with Crippen LogP contribution in [0.1, 0.15) is 28.9 Å². The second-order valence-electron chi connectivity index (χ2n) is 5.97. The molecule has 0 unspecified atom stereocenters. The normalized spacial score (nSPS) is 18.3. The molecule has 3 rings (SSSR count). The van der Waals surface area contributed by atoms with Crippen molar-refractivity contribution in [3.05, 3.63) is 65.5 Å². The molecule has 0 spiro atoms. The van der Waals surface area contributed by atoms with Gasteiger partial charge in [0, 0.05) is 25.3 Å². The number of hydrogen-bond acceptors (Lipinski definition) is 3. The molecule has 4 nitrogen and oxygen atoms in total. The summed E-state index contributed by atoms with van der Waals surface area (Å²) >= 11 is 0. The van der Waals surface area contributed by atoms with E-state index in [1.807, 2.05) is 18.2 Å². The van der Waals surface area contributed by atoms with Gasteiger partial charge in [0.15, 0.2) is 0 Å². The molecule has 1 N–H and O–H groups in total. The number of piperidine rings is 1. The van der Waals surface area contributed by atoms with Gasteiger partial charge in [-0.3, -0.25) is 14.7 Å². The van der Waals surface area contributed by atoms with E-state index < -0.39 is 23.1 Å². The number of aromatic nitrogens is 1. The summed E-state index contributed by atoms with van der Waals surface area (Å²) in [5.74, 6) is -2.38. The average molecular weight is 331 g/mol. The SMILES string of the molecule is O=C(N[C@@H]1CCCN(Cc2ccccn2)C1)c1c(F)cccc1F. The van der Waals surface area contributed by atoms with Gasteiger partial charge in [0.25, 0.3) is 5.91 Å². The quantitative estimate of drug-likeness (QED) is 0.937. The smallest absolute Gasteiger partial charge is 0.257 e. The summed E-state index contributed by atoms with van der Waals surface area (Å²) in [6, 6.07) is 9.05. The molecule has 1 fully saturated rings. The molecule has 2 heterocycles. The van der Waals surface area contributed by atoms with Gasteiger partial charge < -0.3 is 5.32 Å². The fourth-order valence-corrected chi connectivity index (χ4v) is 3.01. The molecule has 126 valence electrons. The molecular formula is C18H19F2N3O. The fraction of sp³-hybridized carbons (Fsp3) is 0.333. The number of pyridine rings is 1. The van der Waals surface area contributed by atoms with Gasteiger partial charge in [-0.15, -0.1) is 0 Å². The number of halogens is 2. The average Bonchev–Trinajstić information content (AvgIpc) is 2.56. The lowest BCUT2D eigenvalue weighted by Crippen LogP contribution is -2.47. The molecule has 1 aromatic carbocycles. The number of benzene rings is 1. The summed E-state index contributed by atoms with van der Waals surface area (Å²) < 4.78 is 27.4. The van der Waals surface area contributed by atoms with Gasteiger partial charge >= 0.3 is 0 Å². The van der Waals surface area contributed by atoms with Gasteiger partial charge in [-0.1, -0.05) is 12.1 Å². The molecule has 2 aromatic rings. The highest BCUT2D eigenvalue weighted by atomic mass is 19.1. The molecule has 0 bridgehead atoms. The Hall–Kier alpha value is -2.34. The lowest BCUT2D eigenvalue weighted by molar-refractivity contribution is 0.0892.